The summed E-state index contributed by atoms with van der Waals surface area (Å²) in [6.45, 7) is 7.39. The summed E-state index contributed by atoms with van der Waals surface area (Å²) in [7, 11) is 0. The SMILES string of the molecule is CC(=O)O[C@H]1CC[C@@]2(C)[C@@H](CC[C@@]3(C#N)[C@@H]4CC[C@H](C(C)=O)[C@@]4(C)CC(=O)[C@H]23)C1. The second-order valence-corrected chi connectivity index (χ2v) is 10.8. The van der Waals surface area contributed by atoms with Gasteiger partial charge in [0.15, 0.2) is 0 Å². The third kappa shape index (κ3) is 2.74. The van der Waals surface area contributed by atoms with Gasteiger partial charge in [0.1, 0.15) is 17.7 Å². The number of ether oxygens (including phenoxy) is 1. The first-order valence-corrected chi connectivity index (χ1v) is 11.2. The maximum atomic E-state index is 13.7. The van der Waals surface area contributed by atoms with Gasteiger partial charge in [0.2, 0.25) is 0 Å². The molecule has 0 radical (unpaired) electrons. The molecule has 4 fully saturated rings. The maximum absolute atomic E-state index is 13.7. The first kappa shape index (κ1) is 20.6. The van der Waals surface area contributed by atoms with Crippen molar-refractivity contribution in [3.63, 3.8) is 0 Å². The smallest absolute Gasteiger partial charge is 0.302 e. The van der Waals surface area contributed by atoms with Crippen LogP contribution in [0.3, 0.4) is 0 Å². The second-order valence-electron chi connectivity index (χ2n) is 10.8. The summed E-state index contributed by atoms with van der Waals surface area (Å²) in [5.74, 6) is 0.152. The summed E-state index contributed by atoms with van der Waals surface area (Å²) in [6.07, 6.45) is 6.00. The Bertz CT molecular complexity index is 799. The zero-order chi connectivity index (χ0) is 21.2. The van der Waals surface area contributed by atoms with Crippen LogP contribution in [0.1, 0.15) is 79.1 Å². The van der Waals surface area contributed by atoms with Gasteiger partial charge in [0, 0.05) is 25.2 Å². The van der Waals surface area contributed by atoms with Gasteiger partial charge in [-0.25, -0.2) is 0 Å². The number of carbonyl (C=O) groups excluding carboxylic acids is 3. The van der Waals surface area contributed by atoms with Crippen LogP contribution in [0.4, 0.5) is 0 Å². The molecule has 29 heavy (non-hydrogen) atoms. The van der Waals surface area contributed by atoms with Gasteiger partial charge in [0.05, 0.1) is 11.5 Å². The predicted molar refractivity (Wildman–Crippen MR) is 106 cm³/mol. The first-order chi connectivity index (χ1) is 13.6. The minimum absolute atomic E-state index is 0.0716. The van der Waals surface area contributed by atoms with Gasteiger partial charge >= 0.3 is 5.97 Å². The van der Waals surface area contributed by atoms with Crippen LogP contribution in [-0.2, 0) is 19.1 Å². The van der Waals surface area contributed by atoms with Crippen molar-refractivity contribution in [1.82, 2.24) is 0 Å². The fraction of sp³-hybridized carbons (Fsp3) is 0.833. The second kappa shape index (κ2) is 6.65. The van der Waals surface area contributed by atoms with Crippen LogP contribution < -0.4 is 0 Å². The highest BCUT2D eigenvalue weighted by atomic mass is 16.5. The Morgan fingerprint density at radius 3 is 2.41 bits per heavy atom. The predicted octanol–water partition coefficient (Wildman–Crippen LogP) is 4.24. The van der Waals surface area contributed by atoms with E-state index >= 15 is 0 Å². The van der Waals surface area contributed by atoms with Gasteiger partial charge in [-0.15, -0.1) is 0 Å². The number of ketones is 2. The van der Waals surface area contributed by atoms with Crippen molar-refractivity contribution in [3.05, 3.63) is 0 Å². The molecular weight excluding hydrogens is 366 g/mol. The molecule has 0 unspecified atom stereocenters. The van der Waals surface area contributed by atoms with Crippen molar-refractivity contribution >= 4 is 17.5 Å². The van der Waals surface area contributed by atoms with E-state index in [1.54, 1.807) is 6.92 Å². The van der Waals surface area contributed by atoms with Crippen LogP contribution in [0.25, 0.3) is 0 Å². The molecule has 0 aromatic heterocycles. The Morgan fingerprint density at radius 2 is 1.79 bits per heavy atom. The van der Waals surface area contributed by atoms with Crippen molar-refractivity contribution in [3.8, 4) is 6.07 Å². The normalized spacial score (nSPS) is 48.7. The van der Waals surface area contributed by atoms with Gasteiger partial charge < -0.3 is 4.74 Å². The molecule has 0 amide bonds. The lowest BCUT2D eigenvalue weighted by Crippen LogP contribution is -2.63. The van der Waals surface area contributed by atoms with Crippen molar-refractivity contribution in [2.24, 2.45) is 39.9 Å². The Labute approximate surface area is 173 Å². The van der Waals surface area contributed by atoms with Crippen LogP contribution >= 0.6 is 0 Å². The monoisotopic (exact) mass is 399 g/mol. The molecule has 158 valence electrons. The van der Waals surface area contributed by atoms with Crippen LogP contribution in [-0.4, -0.2) is 23.6 Å². The van der Waals surface area contributed by atoms with Gasteiger partial charge in [-0.2, -0.15) is 5.26 Å². The number of rotatable bonds is 2. The molecule has 4 aliphatic rings. The van der Waals surface area contributed by atoms with Crippen LogP contribution in [0.15, 0.2) is 0 Å². The van der Waals surface area contributed by atoms with Crippen LogP contribution in [0.5, 0.6) is 0 Å². The molecule has 0 heterocycles. The molecule has 0 aliphatic heterocycles. The summed E-state index contributed by atoms with van der Waals surface area (Å²) >= 11 is 0. The Kier molecular flexibility index (Phi) is 4.72. The highest BCUT2D eigenvalue weighted by Gasteiger charge is 2.70. The Balaban J connectivity index is 1.71. The van der Waals surface area contributed by atoms with Gasteiger partial charge in [-0.3, -0.25) is 14.4 Å². The quantitative estimate of drug-likeness (QED) is 0.649. The molecule has 0 spiro atoms. The zero-order valence-corrected chi connectivity index (χ0v) is 18.1. The molecular formula is C24H33NO4. The van der Waals surface area contributed by atoms with Crippen molar-refractivity contribution in [2.75, 3.05) is 0 Å². The van der Waals surface area contributed by atoms with E-state index in [1.165, 1.54) is 6.92 Å². The molecule has 0 aromatic rings. The van der Waals surface area contributed by atoms with E-state index in [2.05, 4.69) is 19.9 Å². The lowest BCUT2D eigenvalue weighted by Gasteiger charge is -2.63. The summed E-state index contributed by atoms with van der Waals surface area (Å²) in [5, 5.41) is 10.5. The van der Waals surface area contributed by atoms with Gasteiger partial charge in [0.25, 0.3) is 0 Å². The summed E-state index contributed by atoms with van der Waals surface area (Å²) in [4.78, 5) is 37.5. The summed E-state index contributed by atoms with van der Waals surface area (Å²) < 4.78 is 5.50. The third-order valence-electron chi connectivity index (χ3n) is 9.43. The van der Waals surface area contributed by atoms with Gasteiger partial charge in [-0.1, -0.05) is 13.8 Å². The van der Waals surface area contributed by atoms with E-state index in [0.717, 1.165) is 44.9 Å². The molecule has 4 aliphatic carbocycles. The summed E-state index contributed by atoms with van der Waals surface area (Å²) in [5.41, 5.74) is -1.27. The van der Waals surface area contributed by atoms with E-state index in [-0.39, 0.29) is 52.2 Å². The van der Waals surface area contributed by atoms with E-state index in [1.807, 2.05) is 0 Å². The molecule has 4 rings (SSSR count). The summed E-state index contributed by atoms with van der Waals surface area (Å²) in [6, 6.07) is 2.69. The van der Waals surface area contributed by atoms with E-state index in [0.29, 0.717) is 12.3 Å². The van der Waals surface area contributed by atoms with Crippen LogP contribution in [0.2, 0.25) is 0 Å². The van der Waals surface area contributed by atoms with Crippen molar-refractivity contribution in [1.29, 1.82) is 5.26 Å². The maximum Gasteiger partial charge on any atom is 0.302 e. The highest BCUT2D eigenvalue weighted by Crippen LogP contribution is 2.71. The van der Waals surface area contributed by atoms with Gasteiger partial charge in [-0.05, 0) is 74.5 Å². The minimum Gasteiger partial charge on any atom is -0.463 e. The minimum atomic E-state index is -0.659. The fourth-order valence-corrected chi connectivity index (χ4v) is 8.40. The number of hydrogen-bond donors (Lipinski definition) is 0. The van der Waals surface area contributed by atoms with Crippen molar-refractivity contribution < 1.29 is 19.1 Å². The molecule has 8 atom stereocenters. The number of hydrogen-bond acceptors (Lipinski definition) is 5. The Hall–Kier alpha value is -1.70. The van der Waals surface area contributed by atoms with E-state index in [9.17, 15) is 19.6 Å². The number of nitriles is 1. The largest absolute Gasteiger partial charge is 0.463 e. The molecule has 5 heteroatoms. The number of carbonyl (C=O) groups is 3. The number of fused-ring (bicyclic) bond motifs is 5. The average molecular weight is 400 g/mol. The molecule has 0 bridgehead atoms. The van der Waals surface area contributed by atoms with Crippen LogP contribution in [0, 0.1) is 51.2 Å². The fourth-order valence-electron chi connectivity index (χ4n) is 8.40. The van der Waals surface area contributed by atoms with Crippen molar-refractivity contribution in [2.45, 2.75) is 85.2 Å². The third-order valence-corrected chi connectivity index (χ3v) is 9.43. The van der Waals surface area contributed by atoms with E-state index < -0.39 is 5.41 Å². The molecule has 0 N–H and O–H groups in total. The molecule has 0 saturated heterocycles. The lowest BCUT2D eigenvalue weighted by atomic mass is 9.39. The Morgan fingerprint density at radius 1 is 1.07 bits per heavy atom. The highest BCUT2D eigenvalue weighted by molar-refractivity contribution is 5.88. The molecule has 5 nitrogen and oxygen atoms in total. The zero-order valence-electron chi connectivity index (χ0n) is 18.1. The standard InChI is InChI=1S/C24H33NO4/c1-14(26)18-5-6-20-23(18,4)12-19(28)21-22(3)9-8-17(29-15(2)27)11-16(22)7-10-24(20,21)13-25/h16-18,20-21H,5-12H2,1-4H3/t16-,17-,18+,20+,21+,22-,23+,24+/m0/s1. The first-order valence-electron chi connectivity index (χ1n) is 11.2. The van der Waals surface area contributed by atoms with E-state index in [4.69, 9.17) is 4.74 Å². The average Bonchev–Trinajstić information content (AvgIpc) is 2.98. The number of esters is 1. The topological polar surface area (TPSA) is 84.2 Å². The lowest BCUT2D eigenvalue weighted by molar-refractivity contribution is -0.180. The number of nitrogens with zero attached hydrogens (tertiary/aromatic N) is 1. The molecule has 0 aromatic carbocycles. The number of Topliss-reactive ketones (excluding diaryl/α,β-unsaturated/α-hetero) is 2. The molecule has 4 saturated carbocycles.